The van der Waals surface area contributed by atoms with Crippen LogP contribution in [0.5, 0.6) is 5.75 Å². The number of fused-ring (bicyclic) bond motifs is 1. The summed E-state index contributed by atoms with van der Waals surface area (Å²) in [4.78, 5) is 29.0. The Kier molecular flexibility index (Phi) is 4.46. The molecule has 31 heavy (non-hydrogen) atoms. The number of nitriles is 1. The summed E-state index contributed by atoms with van der Waals surface area (Å²) >= 11 is 0. The van der Waals surface area contributed by atoms with Crippen molar-refractivity contribution in [3.63, 3.8) is 0 Å². The van der Waals surface area contributed by atoms with Crippen LogP contribution < -0.4 is 20.7 Å². The van der Waals surface area contributed by atoms with E-state index in [1.165, 1.54) is 19.4 Å². The smallest absolute Gasteiger partial charge is 0.254 e. The van der Waals surface area contributed by atoms with Crippen molar-refractivity contribution in [1.82, 2.24) is 19.9 Å². The van der Waals surface area contributed by atoms with E-state index in [0.29, 0.717) is 22.5 Å². The van der Waals surface area contributed by atoms with E-state index < -0.39 is 12.9 Å². The molecule has 1 fully saturated rings. The van der Waals surface area contributed by atoms with Crippen molar-refractivity contribution in [1.29, 1.82) is 5.26 Å². The second kappa shape index (κ2) is 8.31. The predicted octanol–water partition coefficient (Wildman–Crippen LogP) is 2.26. The van der Waals surface area contributed by atoms with E-state index in [9.17, 15) is 9.59 Å². The number of aromatic nitrogens is 3. The van der Waals surface area contributed by atoms with Crippen LogP contribution in [0.2, 0.25) is 0 Å². The molecule has 1 aliphatic carbocycles. The van der Waals surface area contributed by atoms with Crippen LogP contribution in [0.1, 0.15) is 32.9 Å². The molecule has 4 rings (SSSR count). The molecule has 0 spiro atoms. The number of carbonyl (C=O) groups excluding carboxylic acids is 2. The number of anilines is 3. The minimum Gasteiger partial charge on any atom is -0.492 e. The summed E-state index contributed by atoms with van der Waals surface area (Å²) in [5, 5.41) is 21.1. The summed E-state index contributed by atoms with van der Waals surface area (Å²) in [6.07, 6.45) is 6.14. The maximum absolute atomic E-state index is 12.7. The molecule has 0 aromatic carbocycles. The highest BCUT2D eigenvalue weighted by Crippen LogP contribution is 2.35. The summed E-state index contributed by atoms with van der Waals surface area (Å²) in [5.41, 5.74) is 1.80. The van der Waals surface area contributed by atoms with Gasteiger partial charge in [-0.15, -0.1) is 0 Å². The predicted molar refractivity (Wildman–Crippen MR) is 113 cm³/mol. The van der Waals surface area contributed by atoms with Gasteiger partial charge >= 0.3 is 0 Å². The number of hydrogen-bond acceptors (Lipinski definition) is 7. The monoisotopic (exact) mass is 422 g/mol. The lowest BCUT2D eigenvalue weighted by Gasteiger charge is -2.16. The van der Waals surface area contributed by atoms with E-state index in [4.69, 9.17) is 14.1 Å². The normalized spacial score (nSPS) is 14.6. The molecule has 0 aliphatic heterocycles. The molecular formula is C21H21N7O3. The molecular weight excluding hydrogens is 398 g/mol. The van der Waals surface area contributed by atoms with Crippen molar-refractivity contribution in [2.75, 3.05) is 24.7 Å². The van der Waals surface area contributed by atoms with E-state index in [1.807, 2.05) is 5.32 Å². The SMILES string of the molecule is [2H]C([2H])([2H])NC(=O)c1cnc(NC(=O)C2CC2)cc1Nc1ccn2ncc(CC#N)c2c1OC. The second-order valence-electron chi connectivity index (χ2n) is 7.02. The van der Waals surface area contributed by atoms with Gasteiger partial charge < -0.3 is 20.7 Å². The van der Waals surface area contributed by atoms with Crippen LogP contribution in [-0.2, 0) is 11.2 Å². The van der Waals surface area contributed by atoms with Crippen LogP contribution in [0, 0.1) is 17.2 Å². The van der Waals surface area contributed by atoms with E-state index >= 15 is 0 Å². The molecule has 0 unspecified atom stereocenters. The highest BCUT2D eigenvalue weighted by molar-refractivity contribution is 6.01. The van der Waals surface area contributed by atoms with Gasteiger partial charge in [-0.3, -0.25) is 9.59 Å². The second-order valence-corrected chi connectivity index (χ2v) is 7.02. The summed E-state index contributed by atoms with van der Waals surface area (Å²) in [6.45, 7) is -2.70. The van der Waals surface area contributed by atoms with Crippen molar-refractivity contribution >= 4 is 34.5 Å². The molecule has 2 amide bonds. The molecule has 0 radical (unpaired) electrons. The maximum Gasteiger partial charge on any atom is 0.254 e. The number of rotatable bonds is 7. The lowest BCUT2D eigenvalue weighted by atomic mass is 10.1. The molecule has 3 N–H and O–H groups in total. The van der Waals surface area contributed by atoms with Crippen molar-refractivity contribution in [3.05, 3.63) is 41.9 Å². The number of amides is 2. The molecule has 0 atom stereocenters. The van der Waals surface area contributed by atoms with Gasteiger partial charge in [0.25, 0.3) is 5.91 Å². The van der Waals surface area contributed by atoms with Crippen LogP contribution in [0.25, 0.3) is 5.52 Å². The largest absolute Gasteiger partial charge is 0.492 e. The Labute approximate surface area is 182 Å². The van der Waals surface area contributed by atoms with Crippen LogP contribution in [-0.4, -0.2) is 40.5 Å². The Morgan fingerprint density at radius 2 is 2.23 bits per heavy atom. The molecule has 3 heterocycles. The van der Waals surface area contributed by atoms with Crippen molar-refractivity contribution in [3.8, 4) is 11.8 Å². The van der Waals surface area contributed by atoms with Gasteiger partial charge in [0.1, 0.15) is 11.3 Å². The Morgan fingerprint density at radius 3 is 2.94 bits per heavy atom. The average molecular weight is 422 g/mol. The molecule has 1 saturated carbocycles. The van der Waals surface area contributed by atoms with E-state index in [2.05, 4.69) is 26.8 Å². The van der Waals surface area contributed by atoms with Crippen molar-refractivity contribution < 1.29 is 18.4 Å². The molecule has 0 bridgehead atoms. The molecule has 10 heteroatoms. The highest BCUT2D eigenvalue weighted by atomic mass is 16.5. The van der Waals surface area contributed by atoms with Crippen LogP contribution in [0.4, 0.5) is 17.2 Å². The Morgan fingerprint density at radius 1 is 1.39 bits per heavy atom. The van der Waals surface area contributed by atoms with Gasteiger partial charge in [-0.25, -0.2) is 9.50 Å². The Bertz CT molecular complexity index is 1310. The highest BCUT2D eigenvalue weighted by Gasteiger charge is 2.30. The molecule has 158 valence electrons. The Balaban J connectivity index is 1.75. The fourth-order valence-electron chi connectivity index (χ4n) is 3.22. The van der Waals surface area contributed by atoms with Gasteiger partial charge in [-0.05, 0) is 18.9 Å². The summed E-state index contributed by atoms with van der Waals surface area (Å²) < 4.78 is 29.2. The van der Waals surface area contributed by atoms with Gasteiger partial charge in [0.15, 0.2) is 5.75 Å². The van der Waals surface area contributed by atoms with Crippen LogP contribution in [0.15, 0.2) is 30.7 Å². The van der Waals surface area contributed by atoms with Gasteiger partial charge in [0.05, 0.1) is 42.7 Å². The van der Waals surface area contributed by atoms with Crippen molar-refractivity contribution in [2.24, 2.45) is 5.92 Å². The van der Waals surface area contributed by atoms with E-state index in [0.717, 1.165) is 12.8 Å². The zero-order valence-corrected chi connectivity index (χ0v) is 16.6. The number of methoxy groups -OCH3 is 1. The molecule has 10 nitrogen and oxygen atoms in total. The first-order chi connectivity index (χ1) is 16.2. The average Bonchev–Trinajstić information content (AvgIpc) is 3.55. The third-order valence-corrected chi connectivity index (χ3v) is 4.92. The quantitative estimate of drug-likeness (QED) is 0.532. The molecule has 1 aliphatic rings. The first-order valence-corrected chi connectivity index (χ1v) is 9.51. The van der Waals surface area contributed by atoms with Crippen LogP contribution in [0.3, 0.4) is 0 Å². The lowest BCUT2D eigenvalue weighted by Crippen LogP contribution is -2.20. The van der Waals surface area contributed by atoms with E-state index in [1.54, 1.807) is 23.0 Å². The number of ether oxygens (including phenoxy) is 1. The fraction of sp³-hybridized carbons (Fsp3) is 0.286. The number of hydrogen-bond donors (Lipinski definition) is 3. The minimum absolute atomic E-state index is 0.0479. The minimum atomic E-state index is -2.70. The number of pyridine rings is 2. The standard InChI is InChI=1S/C21H21N7O3/c1-23-21(30)14-11-24-17(27-20(29)12-3-4-12)9-16(14)26-15-6-8-28-18(19(15)31-2)13(5-7-22)10-25-28/h6,8-12H,3-5H2,1-2H3,(H,23,30)(H2,24,26,27,29)/i1D3. The summed E-state index contributed by atoms with van der Waals surface area (Å²) in [7, 11) is 1.46. The first kappa shape index (κ1) is 16.6. The van der Waals surface area contributed by atoms with E-state index in [-0.39, 0.29) is 35.3 Å². The zero-order chi connectivity index (χ0) is 24.5. The molecule has 3 aromatic heterocycles. The maximum atomic E-state index is 12.7. The number of nitrogens with one attached hydrogen (secondary N) is 3. The fourth-order valence-corrected chi connectivity index (χ4v) is 3.22. The first-order valence-electron chi connectivity index (χ1n) is 11.0. The van der Waals surface area contributed by atoms with Gasteiger partial charge in [0.2, 0.25) is 5.91 Å². The van der Waals surface area contributed by atoms with Gasteiger partial charge in [-0.1, -0.05) is 0 Å². The van der Waals surface area contributed by atoms with Gasteiger partial charge in [-0.2, -0.15) is 10.4 Å². The number of carbonyl (C=O) groups is 2. The Hall–Kier alpha value is -4.13. The van der Waals surface area contributed by atoms with Crippen molar-refractivity contribution in [2.45, 2.75) is 19.3 Å². The third kappa shape index (κ3) is 3.98. The number of nitrogens with zero attached hydrogens (tertiary/aromatic N) is 4. The third-order valence-electron chi connectivity index (χ3n) is 4.92. The lowest BCUT2D eigenvalue weighted by molar-refractivity contribution is -0.117. The zero-order valence-electron chi connectivity index (χ0n) is 19.6. The summed E-state index contributed by atoms with van der Waals surface area (Å²) in [5.74, 6) is -0.519. The van der Waals surface area contributed by atoms with Crippen LogP contribution >= 0.6 is 0 Å². The topological polar surface area (TPSA) is 133 Å². The molecule has 3 aromatic rings. The summed E-state index contributed by atoms with van der Waals surface area (Å²) in [6, 6.07) is 5.19. The molecule has 0 saturated heterocycles. The van der Waals surface area contributed by atoms with Gasteiger partial charge in [0, 0.05) is 41.0 Å².